The summed E-state index contributed by atoms with van der Waals surface area (Å²) in [4.78, 5) is 47.7. The molecule has 1 unspecified atom stereocenters. The third kappa shape index (κ3) is 9.25. The van der Waals surface area contributed by atoms with Gasteiger partial charge in [-0.3, -0.25) is 19.2 Å². The van der Waals surface area contributed by atoms with Gasteiger partial charge in [0.15, 0.2) is 18.3 Å². The lowest BCUT2D eigenvalue weighted by Gasteiger charge is -2.44. The largest absolute Gasteiger partial charge is 0.481 e. The number of esters is 3. The molecule has 0 saturated carbocycles. The van der Waals surface area contributed by atoms with Crippen molar-refractivity contribution in [1.82, 2.24) is 0 Å². The van der Waals surface area contributed by atoms with Gasteiger partial charge in [0.05, 0.1) is 12.2 Å². The van der Waals surface area contributed by atoms with Gasteiger partial charge in [0.2, 0.25) is 0 Å². The highest BCUT2D eigenvalue weighted by Crippen LogP contribution is 2.31. The van der Waals surface area contributed by atoms with Crippen molar-refractivity contribution in [1.29, 1.82) is 0 Å². The van der Waals surface area contributed by atoms with Crippen molar-refractivity contribution in [2.75, 3.05) is 0 Å². The van der Waals surface area contributed by atoms with Gasteiger partial charge in [-0.05, 0) is 39.0 Å². The minimum Gasteiger partial charge on any atom is -0.481 e. The highest BCUT2D eigenvalue weighted by Gasteiger charge is 2.50. The molecule has 1 N–H and O–H groups in total. The molecule has 9 heteroatoms. The summed E-state index contributed by atoms with van der Waals surface area (Å²) in [6, 6.07) is 0. The Morgan fingerprint density at radius 1 is 0.742 bits per heavy atom. The lowest BCUT2D eigenvalue weighted by atomic mass is 9.92. The Morgan fingerprint density at radius 3 is 1.65 bits per heavy atom. The van der Waals surface area contributed by atoms with Gasteiger partial charge in [0.25, 0.3) is 0 Å². The molecule has 1 fully saturated rings. The molecular weight excluding hydrogens is 408 g/mol. The second kappa shape index (κ2) is 14.0. The second-order valence-corrected chi connectivity index (χ2v) is 7.78. The van der Waals surface area contributed by atoms with Gasteiger partial charge in [-0.15, -0.1) is 0 Å². The van der Waals surface area contributed by atoms with Crippen LogP contribution in [-0.4, -0.2) is 59.5 Å². The van der Waals surface area contributed by atoms with E-state index in [1.165, 1.54) is 0 Å². The summed E-state index contributed by atoms with van der Waals surface area (Å²) in [5.41, 5.74) is 0. The fourth-order valence-corrected chi connectivity index (χ4v) is 3.47. The van der Waals surface area contributed by atoms with Gasteiger partial charge in [0, 0.05) is 25.7 Å². The van der Waals surface area contributed by atoms with E-state index in [0.717, 1.165) is 0 Å². The molecule has 31 heavy (non-hydrogen) atoms. The van der Waals surface area contributed by atoms with E-state index in [4.69, 9.17) is 24.1 Å². The van der Waals surface area contributed by atoms with Crippen LogP contribution in [0.3, 0.4) is 0 Å². The molecule has 9 nitrogen and oxygen atoms in total. The first-order valence-corrected chi connectivity index (χ1v) is 11.2. The first-order valence-electron chi connectivity index (χ1n) is 11.2. The van der Waals surface area contributed by atoms with Crippen LogP contribution in [0.5, 0.6) is 0 Å². The molecule has 0 spiro atoms. The minimum absolute atomic E-state index is 0.0704. The Bertz CT molecular complexity index is 604. The number of carbonyl (C=O) groups excluding carboxylic acids is 3. The van der Waals surface area contributed by atoms with E-state index in [9.17, 15) is 19.2 Å². The molecule has 0 aromatic rings. The third-order valence-corrected chi connectivity index (χ3v) is 4.91. The van der Waals surface area contributed by atoms with Gasteiger partial charge in [-0.2, -0.15) is 0 Å². The van der Waals surface area contributed by atoms with Gasteiger partial charge in [0.1, 0.15) is 0 Å². The van der Waals surface area contributed by atoms with E-state index >= 15 is 0 Å². The van der Waals surface area contributed by atoms with E-state index in [0.29, 0.717) is 25.7 Å². The van der Waals surface area contributed by atoms with Crippen LogP contribution in [0.1, 0.15) is 85.5 Å². The summed E-state index contributed by atoms with van der Waals surface area (Å²) in [6.45, 7) is 7.20. The quantitative estimate of drug-likeness (QED) is 0.337. The number of carboxylic acid groups (broad SMARTS) is 1. The monoisotopic (exact) mass is 444 g/mol. The Balaban J connectivity index is 3.17. The van der Waals surface area contributed by atoms with E-state index in [2.05, 4.69) is 0 Å². The van der Waals surface area contributed by atoms with Crippen molar-refractivity contribution < 1.29 is 43.2 Å². The molecule has 1 rings (SSSR count). The average Bonchev–Trinajstić information content (AvgIpc) is 2.67. The molecule has 0 amide bonds. The summed E-state index contributed by atoms with van der Waals surface area (Å²) >= 11 is 0. The van der Waals surface area contributed by atoms with E-state index in [1.54, 1.807) is 6.92 Å². The molecule has 0 aromatic carbocycles. The molecule has 0 radical (unpaired) electrons. The molecule has 5 atom stereocenters. The normalized spacial score (nSPS) is 25.5. The molecule has 0 aromatic heterocycles. The highest BCUT2D eigenvalue weighted by molar-refractivity contribution is 5.71. The zero-order chi connectivity index (χ0) is 23.4. The second-order valence-electron chi connectivity index (χ2n) is 7.78. The van der Waals surface area contributed by atoms with Gasteiger partial charge in [-0.25, -0.2) is 0 Å². The lowest BCUT2D eigenvalue weighted by molar-refractivity contribution is -0.246. The third-order valence-electron chi connectivity index (χ3n) is 4.91. The maximum atomic E-state index is 12.3. The standard InChI is InChI=1S/C22H36O9/c1-5-9-17(25)29-20-14(4)28-15(12-8-13-16(23)24)21(30-18(26)10-6-2)22(20)31-19(27)11-7-3/h14-15,20-22H,5-13H2,1-4H3,(H,23,24)/t14-,15?,20-,21+,22+/m0/s1. The Morgan fingerprint density at radius 2 is 1.19 bits per heavy atom. The van der Waals surface area contributed by atoms with Crippen molar-refractivity contribution in [2.24, 2.45) is 0 Å². The van der Waals surface area contributed by atoms with Crippen LogP contribution in [0.15, 0.2) is 0 Å². The summed E-state index contributed by atoms with van der Waals surface area (Å²) in [5.74, 6) is -2.37. The molecular formula is C22H36O9. The molecule has 1 aliphatic heterocycles. The Labute approximate surface area is 183 Å². The maximum absolute atomic E-state index is 12.3. The van der Waals surface area contributed by atoms with Gasteiger partial charge < -0.3 is 24.1 Å². The SMILES string of the molecule is CCCC(=O)O[C@@H]1[C@@H](OC(=O)CCC)[C@H](OC(=O)CCC)C(CCCC(=O)O)O[C@H]1C. The van der Waals surface area contributed by atoms with Crippen LogP contribution in [-0.2, 0) is 38.1 Å². The number of hydrogen-bond donors (Lipinski definition) is 1. The smallest absolute Gasteiger partial charge is 0.306 e. The Hall–Kier alpha value is -2.16. The topological polar surface area (TPSA) is 125 Å². The van der Waals surface area contributed by atoms with E-state index < -0.39 is 54.4 Å². The van der Waals surface area contributed by atoms with Crippen molar-refractivity contribution in [2.45, 2.75) is 116 Å². The van der Waals surface area contributed by atoms with Crippen LogP contribution in [0.25, 0.3) is 0 Å². The molecule has 1 saturated heterocycles. The lowest BCUT2D eigenvalue weighted by Crippen LogP contribution is -2.60. The van der Waals surface area contributed by atoms with Crippen molar-refractivity contribution >= 4 is 23.9 Å². The number of ether oxygens (including phenoxy) is 4. The van der Waals surface area contributed by atoms with E-state index in [-0.39, 0.29) is 32.1 Å². The first-order chi connectivity index (χ1) is 14.7. The van der Waals surface area contributed by atoms with Crippen molar-refractivity contribution in [3.05, 3.63) is 0 Å². The average molecular weight is 445 g/mol. The van der Waals surface area contributed by atoms with Crippen molar-refractivity contribution in [3.8, 4) is 0 Å². The fourth-order valence-electron chi connectivity index (χ4n) is 3.47. The maximum Gasteiger partial charge on any atom is 0.306 e. The fraction of sp³-hybridized carbons (Fsp3) is 0.818. The summed E-state index contributed by atoms with van der Waals surface area (Å²) in [5, 5.41) is 8.94. The predicted molar refractivity (Wildman–Crippen MR) is 110 cm³/mol. The molecule has 178 valence electrons. The summed E-state index contributed by atoms with van der Waals surface area (Å²) < 4.78 is 22.8. The number of aliphatic carboxylic acids is 1. The van der Waals surface area contributed by atoms with Crippen LogP contribution >= 0.6 is 0 Å². The summed E-state index contributed by atoms with van der Waals surface area (Å²) in [6.07, 6.45) is -1.49. The van der Waals surface area contributed by atoms with Crippen LogP contribution in [0.4, 0.5) is 0 Å². The zero-order valence-corrected chi connectivity index (χ0v) is 19.0. The number of carbonyl (C=O) groups is 4. The minimum atomic E-state index is -1.03. The van der Waals surface area contributed by atoms with Crippen LogP contribution < -0.4 is 0 Å². The summed E-state index contributed by atoms with van der Waals surface area (Å²) in [7, 11) is 0. The highest BCUT2D eigenvalue weighted by atomic mass is 16.6. The van der Waals surface area contributed by atoms with Crippen molar-refractivity contribution in [3.63, 3.8) is 0 Å². The molecule has 1 aliphatic rings. The number of carboxylic acids is 1. The molecule has 0 aliphatic carbocycles. The zero-order valence-electron chi connectivity index (χ0n) is 19.0. The number of rotatable bonds is 13. The van der Waals surface area contributed by atoms with Gasteiger partial charge >= 0.3 is 23.9 Å². The number of hydrogen-bond acceptors (Lipinski definition) is 8. The van der Waals surface area contributed by atoms with Gasteiger partial charge in [-0.1, -0.05) is 20.8 Å². The predicted octanol–water partition coefficient (Wildman–Crippen LogP) is 3.16. The van der Waals surface area contributed by atoms with Crippen LogP contribution in [0, 0.1) is 0 Å². The van der Waals surface area contributed by atoms with Crippen LogP contribution in [0.2, 0.25) is 0 Å². The van der Waals surface area contributed by atoms with E-state index in [1.807, 2.05) is 20.8 Å². The molecule has 0 bridgehead atoms. The molecule has 1 heterocycles. The Kier molecular flexibility index (Phi) is 12.1. The first kappa shape index (κ1) is 26.9.